The summed E-state index contributed by atoms with van der Waals surface area (Å²) in [6.45, 7) is 0.345. The van der Waals surface area contributed by atoms with Crippen LogP contribution in [0.25, 0.3) is 0 Å². The Bertz CT molecular complexity index is 1360. The van der Waals surface area contributed by atoms with Gasteiger partial charge in [0.05, 0.1) is 38.7 Å². The molecule has 0 fully saturated rings. The fourth-order valence-electron chi connectivity index (χ4n) is 3.40. The molecule has 0 radical (unpaired) electrons. The number of rotatable bonds is 12. The SMILES string of the molecule is COc1ccc(C(=O)Oc2ccc(/C=N/NC(=O)CCCNC(=O)c3ccccc3Br)cc2OC)cc1OC. The predicted octanol–water partition coefficient (Wildman–Crippen LogP) is 4.35. The molecule has 3 aromatic carbocycles. The normalized spacial score (nSPS) is 10.6. The van der Waals surface area contributed by atoms with Crippen LogP contribution < -0.4 is 29.7 Å². The molecule has 2 amide bonds. The van der Waals surface area contributed by atoms with Gasteiger partial charge >= 0.3 is 5.97 Å². The van der Waals surface area contributed by atoms with Crippen LogP contribution in [-0.2, 0) is 4.79 Å². The van der Waals surface area contributed by atoms with Crippen molar-refractivity contribution in [2.24, 2.45) is 5.10 Å². The third-order valence-electron chi connectivity index (χ3n) is 5.40. The van der Waals surface area contributed by atoms with Gasteiger partial charge in [-0.3, -0.25) is 9.59 Å². The van der Waals surface area contributed by atoms with Gasteiger partial charge in [-0.25, -0.2) is 10.2 Å². The van der Waals surface area contributed by atoms with E-state index < -0.39 is 5.97 Å². The van der Waals surface area contributed by atoms with Crippen LogP contribution in [0.2, 0.25) is 0 Å². The number of carbonyl (C=O) groups is 3. The lowest BCUT2D eigenvalue weighted by atomic mass is 10.2. The summed E-state index contributed by atoms with van der Waals surface area (Å²) in [7, 11) is 4.43. The lowest BCUT2D eigenvalue weighted by Gasteiger charge is -2.11. The van der Waals surface area contributed by atoms with Gasteiger partial charge in [0, 0.05) is 17.4 Å². The van der Waals surface area contributed by atoms with Crippen molar-refractivity contribution in [1.82, 2.24) is 10.7 Å². The first-order valence-corrected chi connectivity index (χ1v) is 12.6. The maximum absolute atomic E-state index is 12.6. The second kappa shape index (κ2) is 14.5. The third kappa shape index (κ3) is 8.30. The zero-order valence-corrected chi connectivity index (χ0v) is 23.2. The maximum atomic E-state index is 12.6. The Morgan fingerprint density at radius 1 is 0.872 bits per heavy atom. The molecule has 0 aliphatic heterocycles. The molecule has 0 spiro atoms. The van der Waals surface area contributed by atoms with E-state index in [2.05, 4.69) is 31.8 Å². The molecular formula is C28H28BrN3O7. The maximum Gasteiger partial charge on any atom is 0.343 e. The molecule has 3 aromatic rings. The van der Waals surface area contributed by atoms with Crippen molar-refractivity contribution in [2.45, 2.75) is 12.8 Å². The van der Waals surface area contributed by atoms with E-state index in [-0.39, 0.29) is 29.5 Å². The van der Waals surface area contributed by atoms with Gasteiger partial charge in [-0.05, 0) is 76.4 Å². The number of nitrogens with zero attached hydrogens (tertiary/aromatic N) is 1. The number of hydrogen-bond acceptors (Lipinski definition) is 8. The van der Waals surface area contributed by atoms with Crippen LogP contribution in [0.1, 0.15) is 39.1 Å². The van der Waals surface area contributed by atoms with Gasteiger partial charge in [0.1, 0.15) is 0 Å². The molecule has 3 rings (SSSR count). The molecule has 0 aliphatic carbocycles. The largest absolute Gasteiger partial charge is 0.493 e. The van der Waals surface area contributed by atoms with Gasteiger partial charge in [0.15, 0.2) is 23.0 Å². The number of hydrogen-bond donors (Lipinski definition) is 2. The zero-order chi connectivity index (χ0) is 28.2. The van der Waals surface area contributed by atoms with Crippen molar-refractivity contribution >= 4 is 39.9 Å². The van der Waals surface area contributed by atoms with Crippen LogP contribution >= 0.6 is 15.9 Å². The second-order valence-electron chi connectivity index (χ2n) is 8.00. The average Bonchev–Trinajstić information content (AvgIpc) is 2.95. The Balaban J connectivity index is 1.49. The summed E-state index contributed by atoms with van der Waals surface area (Å²) in [6.07, 6.45) is 2.07. The van der Waals surface area contributed by atoms with Gasteiger partial charge in [-0.15, -0.1) is 0 Å². The number of nitrogens with one attached hydrogen (secondary N) is 2. The van der Waals surface area contributed by atoms with Crippen molar-refractivity contribution in [3.63, 3.8) is 0 Å². The number of esters is 1. The van der Waals surface area contributed by atoms with Crippen LogP contribution in [0, 0.1) is 0 Å². The van der Waals surface area contributed by atoms with Crippen LogP contribution in [0.15, 0.2) is 70.2 Å². The van der Waals surface area contributed by atoms with Gasteiger partial charge < -0.3 is 24.3 Å². The Morgan fingerprint density at radius 2 is 1.56 bits per heavy atom. The molecule has 11 heteroatoms. The number of methoxy groups -OCH3 is 3. The molecule has 0 aliphatic rings. The van der Waals surface area contributed by atoms with Crippen LogP contribution in [0.3, 0.4) is 0 Å². The first kappa shape index (κ1) is 29.2. The average molecular weight is 598 g/mol. The summed E-state index contributed by atoms with van der Waals surface area (Å²) >= 11 is 3.34. The Hall–Kier alpha value is -4.38. The highest BCUT2D eigenvalue weighted by Crippen LogP contribution is 2.31. The minimum absolute atomic E-state index is 0.182. The summed E-state index contributed by atoms with van der Waals surface area (Å²) < 4.78 is 22.0. The lowest BCUT2D eigenvalue weighted by molar-refractivity contribution is -0.121. The Kier molecular flexibility index (Phi) is 10.9. The molecule has 204 valence electrons. The molecule has 0 atom stereocenters. The van der Waals surface area contributed by atoms with Gasteiger partial charge in [-0.2, -0.15) is 5.10 Å². The molecular weight excluding hydrogens is 570 g/mol. The summed E-state index contributed by atoms with van der Waals surface area (Å²) in [5.41, 5.74) is 3.86. The van der Waals surface area contributed by atoms with E-state index in [1.54, 1.807) is 48.5 Å². The van der Waals surface area contributed by atoms with Gasteiger partial charge in [0.25, 0.3) is 5.91 Å². The third-order valence-corrected chi connectivity index (χ3v) is 6.09. The number of carbonyl (C=O) groups excluding carboxylic acids is 3. The minimum Gasteiger partial charge on any atom is -0.493 e. The monoisotopic (exact) mass is 597 g/mol. The van der Waals surface area contributed by atoms with Crippen LogP contribution in [0.4, 0.5) is 0 Å². The summed E-state index contributed by atoms with van der Waals surface area (Å²) in [5.74, 6) is 0.295. The number of benzene rings is 3. The highest BCUT2D eigenvalue weighted by atomic mass is 79.9. The smallest absolute Gasteiger partial charge is 0.343 e. The zero-order valence-electron chi connectivity index (χ0n) is 21.7. The molecule has 0 bridgehead atoms. The Morgan fingerprint density at radius 3 is 2.28 bits per heavy atom. The first-order chi connectivity index (χ1) is 18.9. The standard InChI is InChI=1S/C28H28BrN3O7/c1-36-22-13-11-19(16-25(22)38-3)28(35)39-23-12-10-18(15-24(23)37-2)17-31-32-26(33)9-6-14-30-27(34)20-7-4-5-8-21(20)29/h4-5,7-8,10-13,15-17H,6,9,14H2,1-3H3,(H,30,34)(H,32,33)/b31-17+. The quantitative estimate of drug-likeness (QED) is 0.104. The van der Waals surface area contributed by atoms with Crippen molar-refractivity contribution in [2.75, 3.05) is 27.9 Å². The van der Waals surface area contributed by atoms with Crippen LogP contribution in [0.5, 0.6) is 23.0 Å². The molecule has 0 unspecified atom stereocenters. The van der Waals surface area contributed by atoms with Crippen molar-refractivity contribution in [3.05, 3.63) is 81.8 Å². The van der Waals surface area contributed by atoms with E-state index >= 15 is 0 Å². The Labute approximate surface area is 234 Å². The number of hydrazone groups is 1. The van der Waals surface area contributed by atoms with E-state index in [4.69, 9.17) is 18.9 Å². The number of amides is 2. The van der Waals surface area contributed by atoms with E-state index in [0.717, 1.165) is 0 Å². The predicted molar refractivity (Wildman–Crippen MR) is 149 cm³/mol. The van der Waals surface area contributed by atoms with Gasteiger partial charge in [0.2, 0.25) is 5.91 Å². The number of ether oxygens (including phenoxy) is 4. The van der Waals surface area contributed by atoms with E-state index in [9.17, 15) is 14.4 Å². The molecule has 2 N–H and O–H groups in total. The lowest BCUT2D eigenvalue weighted by Crippen LogP contribution is -2.26. The van der Waals surface area contributed by atoms with Crippen LogP contribution in [-0.4, -0.2) is 51.9 Å². The van der Waals surface area contributed by atoms with Gasteiger partial charge in [-0.1, -0.05) is 12.1 Å². The fraction of sp³-hybridized carbons (Fsp3) is 0.214. The van der Waals surface area contributed by atoms with E-state index in [1.165, 1.54) is 33.6 Å². The molecule has 0 heterocycles. The van der Waals surface area contributed by atoms with Crippen molar-refractivity contribution in [1.29, 1.82) is 0 Å². The highest BCUT2D eigenvalue weighted by Gasteiger charge is 2.16. The highest BCUT2D eigenvalue weighted by molar-refractivity contribution is 9.10. The summed E-state index contributed by atoms with van der Waals surface area (Å²) in [6, 6.07) is 16.6. The van der Waals surface area contributed by atoms with Crippen molar-refractivity contribution < 1.29 is 33.3 Å². The summed E-state index contributed by atoms with van der Waals surface area (Å²) in [4.78, 5) is 36.9. The summed E-state index contributed by atoms with van der Waals surface area (Å²) in [5, 5.41) is 6.74. The van der Waals surface area contributed by atoms with Crippen molar-refractivity contribution in [3.8, 4) is 23.0 Å². The van der Waals surface area contributed by atoms with E-state index in [1.807, 2.05) is 6.07 Å². The second-order valence-corrected chi connectivity index (χ2v) is 8.86. The van der Waals surface area contributed by atoms with E-state index in [0.29, 0.717) is 45.8 Å². The first-order valence-electron chi connectivity index (χ1n) is 11.8. The molecule has 10 nitrogen and oxygen atoms in total. The number of halogens is 1. The molecule has 0 saturated carbocycles. The molecule has 0 aromatic heterocycles. The fourth-order valence-corrected chi connectivity index (χ4v) is 3.86. The topological polar surface area (TPSA) is 125 Å². The molecule has 39 heavy (non-hydrogen) atoms. The molecule has 0 saturated heterocycles. The minimum atomic E-state index is -0.601.